The minimum Gasteiger partial charge on any atom is -0.314 e. The van der Waals surface area contributed by atoms with Crippen LogP contribution in [0.1, 0.15) is 0 Å². The van der Waals surface area contributed by atoms with Gasteiger partial charge in [0.15, 0.2) is 0 Å². The second kappa shape index (κ2) is 18.2. The first-order valence-corrected chi connectivity index (χ1v) is 3.41. The molecule has 0 heterocycles. The Kier molecular flexibility index (Phi) is 29.2. The van der Waals surface area contributed by atoms with Crippen LogP contribution in [0.4, 0.5) is 0 Å². The molecule has 0 aromatic carbocycles. The summed E-state index contributed by atoms with van der Waals surface area (Å²) in [5, 5.41) is 0. The maximum atomic E-state index is 8.79. The molecule has 40 valence electrons. The van der Waals surface area contributed by atoms with E-state index in [4.69, 9.17) is 9.13 Å². The smallest absolute Gasteiger partial charge is 0.121 e. The summed E-state index contributed by atoms with van der Waals surface area (Å²) in [6.07, 6.45) is 0. The van der Waals surface area contributed by atoms with E-state index in [1.54, 1.807) is 0 Å². The fourth-order valence-electron chi connectivity index (χ4n) is 0. The summed E-state index contributed by atoms with van der Waals surface area (Å²) in [4.78, 5) is 0. The zero-order chi connectivity index (χ0) is 5.41. The lowest BCUT2D eigenvalue weighted by molar-refractivity contribution is 0.598. The number of rotatable bonds is 0. The SMILES string of the molecule is N[PH2]=O.N[PH2]=O. The van der Waals surface area contributed by atoms with Crippen molar-refractivity contribution >= 4 is 17.2 Å². The van der Waals surface area contributed by atoms with E-state index in [1.807, 2.05) is 0 Å². The van der Waals surface area contributed by atoms with E-state index in [9.17, 15) is 0 Å². The molecule has 0 saturated heterocycles. The molecule has 0 aliphatic heterocycles. The summed E-state index contributed by atoms with van der Waals surface area (Å²) in [6, 6.07) is 0. The van der Waals surface area contributed by atoms with E-state index in [-0.39, 0.29) is 0 Å². The molecule has 2 unspecified atom stereocenters. The third-order valence-corrected chi connectivity index (χ3v) is 0. The third kappa shape index (κ3) is 347. The normalized spacial score (nSPS) is 9.67. The Bertz CT molecular complexity index is 30.5. The molecular formula is H8N2O2P2. The average Bonchev–Trinajstić information content (AvgIpc) is 1.39. The summed E-state index contributed by atoms with van der Waals surface area (Å²) >= 11 is 0. The van der Waals surface area contributed by atoms with Gasteiger partial charge in [0.05, 0.1) is 0 Å². The van der Waals surface area contributed by atoms with Crippen molar-refractivity contribution in [3.05, 3.63) is 0 Å². The molecule has 0 rings (SSSR count). The summed E-state index contributed by atoms with van der Waals surface area (Å²) < 4.78 is 17.6. The molecule has 0 saturated carbocycles. The molecule has 0 aromatic rings. The van der Waals surface area contributed by atoms with E-state index >= 15 is 0 Å². The maximum Gasteiger partial charge on any atom is 0.121 e. The fraction of sp³-hybridized carbons (Fsp3) is 0. The second-order valence-electron chi connectivity index (χ2n) is 0.272. The van der Waals surface area contributed by atoms with Crippen LogP contribution in [0.15, 0.2) is 0 Å². The summed E-state index contributed by atoms with van der Waals surface area (Å²) in [5.41, 5.74) is 8.75. The van der Waals surface area contributed by atoms with Gasteiger partial charge in [0.25, 0.3) is 0 Å². The van der Waals surface area contributed by atoms with Crippen molar-refractivity contribution in [2.45, 2.75) is 0 Å². The van der Waals surface area contributed by atoms with Crippen molar-refractivity contribution in [2.75, 3.05) is 0 Å². The van der Waals surface area contributed by atoms with Gasteiger partial charge >= 0.3 is 0 Å². The second-order valence-corrected chi connectivity index (χ2v) is 0.816. The van der Waals surface area contributed by atoms with Crippen LogP contribution in [-0.2, 0) is 9.13 Å². The average molecular weight is 130 g/mol. The first kappa shape index (κ1) is 9.63. The monoisotopic (exact) mass is 130 g/mol. The molecule has 0 radical (unpaired) electrons. The van der Waals surface area contributed by atoms with E-state index in [1.165, 1.54) is 0 Å². The van der Waals surface area contributed by atoms with Gasteiger partial charge < -0.3 is 9.13 Å². The van der Waals surface area contributed by atoms with E-state index in [0.717, 1.165) is 0 Å². The highest BCUT2D eigenvalue weighted by Crippen LogP contribution is 1.55. The molecule has 0 fully saturated rings. The molecule has 0 aliphatic rings. The van der Waals surface area contributed by atoms with Gasteiger partial charge in [0.1, 0.15) is 17.2 Å². The van der Waals surface area contributed by atoms with Crippen LogP contribution in [-0.4, -0.2) is 0 Å². The van der Waals surface area contributed by atoms with Crippen LogP contribution in [0.5, 0.6) is 0 Å². The predicted octanol–water partition coefficient (Wildman–Crippen LogP) is -0.767. The molecule has 0 bridgehead atoms. The highest BCUT2D eigenvalue weighted by atomic mass is 31.1. The molecule has 0 aromatic heterocycles. The first-order valence-electron chi connectivity index (χ1n) is 1.14. The fourth-order valence-corrected chi connectivity index (χ4v) is 0. The Hall–Kier alpha value is 0.380. The highest BCUT2D eigenvalue weighted by Gasteiger charge is 1.16. The summed E-state index contributed by atoms with van der Waals surface area (Å²) in [7, 11) is -2.00. The quantitative estimate of drug-likeness (QED) is 0.421. The number of nitrogens with two attached hydrogens (primary N) is 2. The first-order chi connectivity index (χ1) is 2.83. The molecular weight excluding hydrogens is 122 g/mol. The Morgan fingerprint density at radius 1 is 1.00 bits per heavy atom. The van der Waals surface area contributed by atoms with Crippen LogP contribution in [0.25, 0.3) is 0 Å². The Morgan fingerprint density at radius 2 is 1.00 bits per heavy atom. The Labute approximate surface area is 38.4 Å². The Balaban J connectivity index is 0. The van der Waals surface area contributed by atoms with Gasteiger partial charge in [-0.2, -0.15) is 0 Å². The zero-order valence-corrected chi connectivity index (χ0v) is 5.44. The molecule has 4 N–H and O–H groups in total. The van der Waals surface area contributed by atoms with Crippen LogP contribution in [0.3, 0.4) is 0 Å². The van der Waals surface area contributed by atoms with Crippen molar-refractivity contribution in [3.63, 3.8) is 0 Å². The van der Waals surface area contributed by atoms with Crippen molar-refractivity contribution in [2.24, 2.45) is 11.0 Å². The highest BCUT2D eigenvalue weighted by molar-refractivity contribution is 7.20. The molecule has 2 atom stereocenters. The minimum absolute atomic E-state index is 1.00. The summed E-state index contributed by atoms with van der Waals surface area (Å²) in [6.45, 7) is 0. The van der Waals surface area contributed by atoms with Gasteiger partial charge in [-0.25, -0.2) is 0 Å². The lowest BCUT2D eigenvalue weighted by Crippen LogP contribution is -1.51. The van der Waals surface area contributed by atoms with Crippen molar-refractivity contribution in [3.8, 4) is 0 Å². The van der Waals surface area contributed by atoms with Crippen LogP contribution < -0.4 is 11.0 Å². The van der Waals surface area contributed by atoms with Gasteiger partial charge in [-0.15, -0.1) is 0 Å². The molecule has 0 spiro atoms. The van der Waals surface area contributed by atoms with Crippen molar-refractivity contribution in [1.29, 1.82) is 0 Å². The van der Waals surface area contributed by atoms with Gasteiger partial charge in [-0.1, -0.05) is 0 Å². The van der Waals surface area contributed by atoms with Crippen LogP contribution >= 0.6 is 17.2 Å². The lowest BCUT2D eigenvalue weighted by atomic mass is 13.9. The van der Waals surface area contributed by atoms with Gasteiger partial charge in [0, 0.05) is 0 Å². The van der Waals surface area contributed by atoms with E-state index in [0.29, 0.717) is 0 Å². The van der Waals surface area contributed by atoms with Crippen molar-refractivity contribution in [1.82, 2.24) is 0 Å². The summed E-state index contributed by atoms with van der Waals surface area (Å²) in [5.74, 6) is 0. The molecule has 6 heteroatoms. The largest absolute Gasteiger partial charge is 0.314 e. The van der Waals surface area contributed by atoms with Gasteiger partial charge in [-0.3, -0.25) is 11.0 Å². The van der Waals surface area contributed by atoms with Crippen molar-refractivity contribution < 1.29 is 9.13 Å². The van der Waals surface area contributed by atoms with Crippen LogP contribution in [0.2, 0.25) is 0 Å². The lowest BCUT2D eigenvalue weighted by Gasteiger charge is -1.33. The minimum atomic E-state index is -1.00. The number of hydrogen-bond donors (Lipinski definition) is 2. The van der Waals surface area contributed by atoms with Gasteiger partial charge in [-0.05, 0) is 0 Å². The molecule has 4 nitrogen and oxygen atoms in total. The maximum absolute atomic E-state index is 8.79. The zero-order valence-electron chi connectivity index (χ0n) is 3.13. The third-order valence-electron chi connectivity index (χ3n) is 0. The van der Waals surface area contributed by atoms with E-state index in [2.05, 4.69) is 11.0 Å². The number of hydrogen-bond acceptors (Lipinski definition) is 2. The molecule has 0 amide bonds. The standard InChI is InChI=1S/2H4NOP/c2*1-3-2/h2*3H2,(H2,1,2). The van der Waals surface area contributed by atoms with E-state index < -0.39 is 17.2 Å². The Morgan fingerprint density at radius 3 is 1.00 bits per heavy atom. The van der Waals surface area contributed by atoms with Gasteiger partial charge in [0.2, 0.25) is 0 Å². The molecule has 6 heavy (non-hydrogen) atoms. The topological polar surface area (TPSA) is 86.2 Å². The molecule has 0 aliphatic carbocycles. The predicted molar refractivity (Wildman–Crippen MR) is 29.2 cm³/mol. The van der Waals surface area contributed by atoms with Crippen LogP contribution in [0, 0.1) is 0 Å².